The Morgan fingerprint density at radius 2 is 1.83 bits per heavy atom. The highest BCUT2D eigenvalue weighted by molar-refractivity contribution is 5.93. The number of rotatable bonds is 3. The van der Waals surface area contributed by atoms with Crippen molar-refractivity contribution in [3.05, 3.63) is 53.1 Å². The molecule has 0 saturated heterocycles. The Kier molecular flexibility index (Phi) is 4.45. The number of esters is 1. The summed E-state index contributed by atoms with van der Waals surface area (Å²) in [5.41, 5.74) is 2.34. The summed E-state index contributed by atoms with van der Waals surface area (Å²) in [5.74, 6) is 0.459. The number of carbonyl (C=O) groups is 2. The molecule has 3 heterocycles. The van der Waals surface area contributed by atoms with Crippen molar-refractivity contribution in [2.45, 2.75) is 33.9 Å². The summed E-state index contributed by atoms with van der Waals surface area (Å²) >= 11 is 0. The van der Waals surface area contributed by atoms with Crippen LogP contribution in [0.25, 0.3) is 5.78 Å². The Balaban J connectivity index is 1.65. The Bertz CT molecular complexity index is 1150. The molecule has 1 aliphatic rings. The first-order valence-electron chi connectivity index (χ1n) is 8.86. The van der Waals surface area contributed by atoms with Crippen LogP contribution >= 0.6 is 0 Å². The first kappa shape index (κ1) is 18.5. The van der Waals surface area contributed by atoms with E-state index in [1.165, 1.54) is 18.9 Å². The molecule has 3 aromatic rings. The van der Waals surface area contributed by atoms with E-state index in [9.17, 15) is 9.59 Å². The topological polar surface area (TPSA) is 111 Å². The van der Waals surface area contributed by atoms with Crippen LogP contribution in [0.2, 0.25) is 0 Å². The molecule has 0 N–H and O–H groups in total. The number of ether oxygens (including phenoxy) is 2. The van der Waals surface area contributed by atoms with E-state index in [0.29, 0.717) is 17.1 Å². The molecule has 4 rings (SSSR count). The van der Waals surface area contributed by atoms with Gasteiger partial charge in [-0.15, -0.1) is 10.2 Å². The van der Waals surface area contributed by atoms with E-state index >= 15 is 0 Å². The molecule has 29 heavy (non-hydrogen) atoms. The molecule has 1 aliphatic heterocycles. The lowest BCUT2D eigenvalue weighted by Crippen LogP contribution is -2.25. The van der Waals surface area contributed by atoms with Crippen LogP contribution in [0.4, 0.5) is 0 Å². The van der Waals surface area contributed by atoms with E-state index in [1.807, 2.05) is 19.9 Å². The second kappa shape index (κ2) is 6.97. The molecule has 0 bridgehead atoms. The lowest BCUT2D eigenvalue weighted by Gasteiger charge is -2.19. The summed E-state index contributed by atoms with van der Waals surface area (Å²) in [6.45, 7) is 6.48. The third-order valence-corrected chi connectivity index (χ3v) is 4.20. The zero-order valence-corrected chi connectivity index (χ0v) is 16.3. The van der Waals surface area contributed by atoms with Gasteiger partial charge < -0.3 is 9.47 Å². The summed E-state index contributed by atoms with van der Waals surface area (Å²) in [7, 11) is 0. The second-order valence-electron chi connectivity index (χ2n) is 6.59. The fourth-order valence-electron chi connectivity index (χ4n) is 3.00. The molecule has 0 aliphatic carbocycles. The van der Waals surface area contributed by atoms with Gasteiger partial charge >= 0.3 is 5.97 Å². The molecule has 10 nitrogen and oxygen atoms in total. The van der Waals surface area contributed by atoms with Gasteiger partial charge in [0.2, 0.25) is 18.0 Å². The maximum absolute atomic E-state index is 12.1. The monoisotopic (exact) mass is 394 g/mol. The molecule has 0 spiro atoms. The molecule has 2 aromatic heterocycles. The molecule has 1 amide bonds. The Morgan fingerprint density at radius 1 is 1.10 bits per heavy atom. The smallest absolute Gasteiger partial charge is 0.308 e. The van der Waals surface area contributed by atoms with E-state index < -0.39 is 12.2 Å². The van der Waals surface area contributed by atoms with Crippen LogP contribution in [-0.2, 0) is 14.3 Å². The third-order valence-electron chi connectivity index (χ3n) is 4.20. The van der Waals surface area contributed by atoms with Gasteiger partial charge in [0.15, 0.2) is 0 Å². The van der Waals surface area contributed by atoms with Gasteiger partial charge in [0.25, 0.3) is 11.7 Å². The minimum absolute atomic E-state index is 0.122. The summed E-state index contributed by atoms with van der Waals surface area (Å²) < 4.78 is 12.5. The molecule has 1 aromatic carbocycles. The van der Waals surface area contributed by atoms with Gasteiger partial charge in [0, 0.05) is 30.8 Å². The lowest BCUT2D eigenvalue weighted by atomic mass is 10.2. The van der Waals surface area contributed by atoms with Crippen molar-refractivity contribution in [2.24, 2.45) is 5.10 Å². The Labute approximate surface area is 165 Å². The number of hydrogen-bond acceptors (Lipinski definition) is 8. The summed E-state index contributed by atoms with van der Waals surface area (Å²) in [5, 5.41) is 9.87. The second-order valence-corrected chi connectivity index (χ2v) is 6.59. The van der Waals surface area contributed by atoms with Crippen LogP contribution in [0, 0.1) is 13.8 Å². The quantitative estimate of drug-likeness (QED) is 0.493. The minimum atomic E-state index is -0.781. The molecule has 0 saturated carbocycles. The van der Waals surface area contributed by atoms with Gasteiger partial charge in [-0.2, -0.15) is 9.99 Å². The number of hydrazone groups is 1. The fraction of sp³-hybridized carbons (Fsp3) is 0.263. The van der Waals surface area contributed by atoms with Crippen molar-refractivity contribution in [1.82, 2.24) is 24.6 Å². The van der Waals surface area contributed by atoms with E-state index in [-0.39, 0.29) is 17.6 Å². The van der Waals surface area contributed by atoms with Crippen molar-refractivity contribution < 1.29 is 19.1 Å². The molecule has 148 valence electrons. The normalized spacial score (nSPS) is 15.9. The number of aryl methyl sites for hydroxylation is 2. The zero-order chi connectivity index (χ0) is 20.7. The summed E-state index contributed by atoms with van der Waals surface area (Å²) in [4.78, 5) is 31.9. The van der Waals surface area contributed by atoms with E-state index in [0.717, 1.165) is 11.4 Å². The lowest BCUT2D eigenvalue weighted by molar-refractivity contribution is -0.135. The molecular weight excluding hydrogens is 376 g/mol. The van der Waals surface area contributed by atoms with E-state index in [1.54, 1.807) is 28.8 Å². The van der Waals surface area contributed by atoms with E-state index in [2.05, 4.69) is 20.2 Å². The molecule has 0 fully saturated rings. The molecular formula is C19H18N6O4. The number of nitrogens with zero attached hydrogens (tertiary/aromatic N) is 6. The first-order valence-corrected chi connectivity index (χ1v) is 8.86. The summed E-state index contributed by atoms with van der Waals surface area (Å²) in [6, 6.07) is 8.52. The Morgan fingerprint density at radius 3 is 2.48 bits per heavy atom. The number of hydrogen-bond donors (Lipinski definition) is 0. The Hall–Kier alpha value is -3.82. The van der Waals surface area contributed by atoms with Crippen LogP contribution in [-0.4, -0.2) is 42.4 Å². The largest absolute Gasteiger partial charge is 0.443 e. The van der Waals surface area contributed by atoms with Gasteiger partial charge in [0.05, 0.1) is 0 Å². The van der Waals surface area contributed by atoms with Crippen LogP contribution in [0.1, 0.15) is 42.9 Å². The van der Waals surface area contributed by atoms with Crippen molar-refractivity contribution in [1.29, 1.82) is 0 Å². The van der Waals surface area contributed by atoms with Gasteiger partial charge in [-0.1, -0.05) is 0 Å². The summed E-state index contributed by atoms with van der Waals surface area (Å²) in [6.07, 6.45) is -0.781. The van der Waals surface area contributed by atoms with Crippen LogP contribution in [0.15, 0.2) is 35.4 Å². The predicted octanol–water partition coefficient (Wildman–Crippen LogP) is 1.91. The average Bonchev–Trinajstić information content (AvgIpc) is 3.26. The average molecular weight is 394 g/mol. The van der Waals surface area contributed by atoms with Gasteiger partial charge in [-0.05, 0) is 44.2 Å². The predicted molar refractivity (Wildman–Crippen MR) is 101 cm³/mol. The highest BCUT2D eigenvalue weighted by atomic mass is 16.5. The van der Waals surface area contributed by atoms with Crippen LogP contribution in [0.3, 0.4) is 0 Å². The van der Waals surface area contributed by atoms with Crippen molar-refractivity contribution in [2.75, 3.05) is 0 Å². The molecule has 0 radical (unpaired) electrons. The van der Waals surface area contributed by atoms with Crippen molar-refractivity contribution in [3.63, 3.8) is 0 Å². The van der Waals surface area contributed by atoms with Gasteiger partial charge in [-0.3, -0.25) is 9.59 Å². The van der Waals surface area contributed by atoms with Crippen LogP contribution < -0.4 is 4.74 Å². The van der Waals surface area contributed by atoms with Gasteiger partial charge in [0.1, 0.15) is 5.75 Å². The number of carbonyl (C=O) groups excluding carboxylic acids is 2. The molecule has 1 unspecified atom stereocenters. The standard InChI is InChI=1S/C19H18N6O4/c1-10-9-11(2)24-19(20-10)21-16(22-24)17-23-25(12(3)26)18(29-17)14-5-7-15(8-6-14)28-13(4)27/h5-9,18H,1-4H3. The highest BCUT2D eigenvalue weighted by Gasteiger charge is 2.35. The number of benzene rings is 1. The number of aromatic nitrogens is 4. The zero-order valence-electron chi connectivity index (χ0n) is 16.3. The maximum Gasteiger partial charge on any atom is 0.308 e. The number of fused-ring (bicyclic) bond motifs is 1. The maximum atomic E-state index is 12.1. The van der Waals surface area contributed by atoms with E-state index in [4.69, 9.17) is 9.47 Å². The molecule has 10 heteroatoms. The SMILES string of the molecule is CC(=O)Oc1ccc(C2OC(c3nc4nc(C)cc(C)n4n3)=NN2C(C)=O)cc1. The highest BCUT2D eigenvalue weighted by Crippen LogP contribution is 2.30. The minimum Gasteiger partial charge on any atom is -0.443 e. The molecule has 1 atom stereocenters. The van der Waals surface area contributed by atoms with Crippen LogP contribution in [0.5, 0.6) is 5.75 Å². The van der Waals surface area contributed by atoms with Crippen molar-refractivity contribution >= 4 is 23.6 Å². The third kappa shape index (κ3) is 3.51. The van der Waals surface area contributed by atoms with Gasteiger partial charge in [-0.25, -0.2) is 9.50 Å². The number of amides is 1. The fourth-order valence-corrected chi connectivity index (χ4v) is 3.00. The first-order chi connectivity index (χ1) is 13.8. The van der Waals surface area contributed by atoms with Crippen molar-refractivity contribution in [3.8, 4) is 5.75 Å².